The number of thiazole rings is 1. The van der Waals surface area contributed by atoms with Crippen molar-refractivity contribution in [2.24, 2.45) is 0 Å². The van der Waals surface area contributed by atoms with Crippen molar-refractivity contribution >= 4 is 38.7 Å². The Morgan fingerprint density at radius 2 is 1.87 bits per heavy atom. The molecule has 1 amide bonds. The van der Waals surface area contributed by atoms with Crippen LogP contribution < -0.4 is 4.90 Å². The lowest BCUT2D eigenvalue weighted by molar-refractivity contribution is -0.114. The first kappa shape index (κ1) is 20.7. The number of hydrogen-bond donors (Lipinski definition) is 0. The van der Waals surface area contributed by atoms with Crippen molar-refractivity contribution in [3.05, 3.63) is 65.2 Å². The molecule has 4 rings (SSSR count). The summed E-state index contributed by atoms with van der Waals surface area (Å²) in [6.07, 6.45) is 3.52. The molecule has 1 aromatic heterocycles. The van der Waals surface area contributed by atoms with Gasteiger partial charge in [0, 0.05) is 32.3 Å². The first-order chi connectivity index (χ1) is 14.6. The molecule has 1 fully saturated rings. The maximum Gasteiger partial charge on any atom is 0.252 e. The molecule has 6 heteroatoms. The van der Waals surface area contributed by atoms with E-state index in [2.05, 4.69) is 30.9 Å². The number of carbonyl (C=O) groups excluding carboxylic acids is 1. The molecule has 0 unspecified atom stereocenters. The summed E-state index contributed by atoms with van der Waals surface area (Å²) in [6.45, 7) is 8.89. The van der Waals surface area contributed by atoms with Crippen molar-refractivity contribution in [1.29, 1.82) is 0 Å². The van der Waals surface area contributed by atoms with Crippen molar-refractivity contribution in [2.75, 3.05) is 44.3 Å². The number of ether oxygens (including phenoxy) is 1. The Morgan fingerprint density at radius 3 is 2.60 bits per heavy atom. The SMILES string of the molecule is Cc1ccc(C)c2sc(N(CCN3CCOCC3)C(=O)/C=C/c3ccccc3)nc12. The van der Waals surface area contributed by atoms with Crippen LogP contribution in [0.25, 0.3) is 16.3 Å². The number of morpholine rings is 1. The quantitative estimate of drug-likeness (QED) is 0.557. The summed E-state index contributed by atoms with van der Waals surface area (Å²) in [4.78, 5) is 22.2. The lowest BCUT2D eigenvalue weighted by Crippen LogP contribution is -2.42. The molecule has 1 aliphatic rings. The summed E-state index contributed by atoms with van der Waals surface area (Å²) >= 11 is 1.60. The van der Waals surface area contributed by atoms with Crippen LogP contribution in [0.2, 0.25) is 0 Å². The van der Waals surface area contributed by atoms with Gasteiger partial charge in [-0.3, -0.25) is 14.6 Å². The first-order valence-electron chi connectivity index (χ1n) is 10.3. The van der Waals surface area contributed by atoms with Crippen molar-refractivity contribution < 1.29 is 9.53 Å². The number of nitrogens with zero attached hydrogens (tertiary/aromatic N) is 3. The molecule has 0 radical (unpaired) electrons. The van der Waals surface area contributed by atoms with Gasteiger partial charge in [-0.15, -0.1) is 0 Å². The van der Waals surface area contributed by atoms with E-state index < -0.39 is 0 Å². The Hall–Kier alpha value is -2.54. The normalized spacial score (nSPS) is 15.1. The standard InChI is InChI=1S/C24H27N3O2S/c1-18-8-9-19(2)23-22(18)25-24(30-23)27(13-12-26-14-16-29-17-15-26)21(28)11-10-20-6-4-3-5-7-20/h3-11H,12-17H2,1-2H3/b11-10+. The Kier molecular flexibility index (Phi) is 6.57. The van der Waals surface area contributed by atoms with E-state index in [-0.39, 0.29) is 5.91 Å². The number of rotatable bonds is 6. The molecule has 0 spiro atoms. The fraction of sp³-hybridized carbons (Fsp3) is 0.333. The average molecular weight is 422 g/mol. The van der Waals surface area contributed by atoms with Crippen molar-refractivity contribution in [3.8, 4) is 0 Å². The fourth-order valence-corrected chi connectivity index (χ4v) is 4.69. The van der Waals surface area contributed by atoms with E-state index in [1.165, 1.54) is 5.56 Å². The molecular formula is C24H27N3O2S. The largest absolute Gasteiger partial charge is 0.379 e. The third kappa shape index (κ3) is 4.78. The maximum atomic E-state index is 13.2. The summed E-state index contributed by atoms with van der Waals surface area (Å²) in [6, 6.07) is 14.1. The molecule has 1 saturated heterocycles. The molecule has 3 aromatic rings. The number of aromatic nitrogens is 1. The van der Waals surface area contributed by atoms with E-state index in [4.69, 9.17) is 9.72 Å². The third-order valence-corrected chi connectivity index (χ3v) is 6.60. The first-order valence-corrected chi connectivity index (χ1v) is 11.1. The van der Waals surface area contributed by atoms with Gasteiger partial charge in [0.25, 0.3) is 5.91 Å². The zero-order chi connectivity index (χ0) is 20.9. The Balaban J connectivity index is 1.61. The number of hydrogen-bond acceptors (Lipinski definition) is 5. The second-order valence-corrected chi connectivity index (χ2v) is 8.54. The molecule has 1 aliphatic heterocycles. The van der Waals surface area contributed by atoms with Gasteiger partial charge in [-0.2, -0.15) is 0 Å². The Bertz CT molecular complexity index is 1000. The van der Waals surface area contributed by atoms with E-state index >= 15 is 0 Å². The second-order valence-electron chi connectivity index (χ2n) is 7.56. The predicted octanol–water partition coefficient (Wildman–Crippen LogP) is 4.29. The summed E-state index contributed by atoms with van der Waals surface area (Å²) < 4.78 is 6.60. The fourth-order valence-electron chi connectivity index (χ4n) is 3.55. The highest BCUT2D eigenvalue weighted by Gasteiger charge is 2.21. The van der Waals surface area contributed by atoms with E-state index in [1.807, 2.05) is 41.3 Å². The van der Waals surface area contributed by atoms with E-state index in [0.717, 1.165) is 59.3 Å². The zero-order valence-electron chi connectivity index (χ0n) is 17.5. The van der Waals surface area contributed by atoms with Crippen molar-refractivity contribution in [1.82, 2.24) is 9.88 Å². The third-order valence-electron chi connectivity index (χ3n) is 5.39. The van der Waals surface area contributed by atoms with Crippen LogP contribution in [0.5, 0.6) is 0 Å². The van der Waals surface area contributed by atoms with Crippen molar-refractivity contribution in [2.45, 2.75) is 13.8 Å². The van der Waals surface area contributed by atoms with E-state index in [0.29, 0.717) is 6.54 Å². The predicted molar refractivity (Wildman–Crippen MR) is 124 cm³/mol. The molecule has 0 N–H and O–H groups in total. The van der Waals surface area contributed by atoms with Crippen LogP contribution in [0.1, 0.15) is 16.7 Å². The zero-order valence-corrected chi connectivity index (χ0v) is 18.3. The van der Waals surface area contributed by atoms with Gasteiger partial charge in [0.1, 0.15) is 0 Å². The molecule has 2 heterocycles. The minimum atomic E-state index is -0.0403. The van der Waals surface area contributed by atoms with Crippen LogP contribution in [-0.2, 0) is 9.53 Å². The lowest BCUT2D eigenvalue weighted by Gasteiger charge is -2.28. The minimum Gasteiger partial charge on any atom is -0.379 e. The summed E-state index contributed by atoms with van der Waals surface area (Å²) in [5, 5.41) is 0.762. The number of fused-ring (bicyclic) bond motifs is 1. The van der Waals surface area contributed by atoms with Crippen LogP contribution >= 0.6 is 11.3 Å². The highest BCUT2D eigenvalue weighted by atomic mass is 32.1. The molecule has 0 atom stereocenters. The van der Waals surface area contributed by atoms with E-state index in [1.54, 1.807) is 17.4 Å². The van der Waals surface area contributed by atoms with Gasteiger partial charge in [0.15, 0.2) is 5.13 Å². The van der Waals surface area contributed by atoms with Gasteiger partial charge >= 0.3 is 0 Å². The number of benzene rings is 2. The highest BCUT2D eigenvalue weighted by Crippen LogP contribution is 2.33. The minimum absolute atomic E-state index is 0.0403. The summed E-state index contributed by atoms with van der Waals surface area (Å²) in [5.41, 5.74) is 4.33. The van der Waals surface area contributed by atoms with Crippen LogP contribution in [-0.4, -0.2) is 55.2 Å². The summed E-state index contributed by atoms with van der Waals surface area (Å²) in [7, 11) is 0. The monoisotopic (exact) mass is 421 g/mol. The molecule has 0 bridgehead atoms. The lowest BCUT2D eigenvalue weighted by atomic mass is 10.1. The smallest absolute Gasteiger partial charge is 0.252 e. The van der Waals surface area contributed by atoms with Gasteiger partial charge in [0.2, 0.25) is 0 Å². The van der Waals surface area contributed by atoms with E-state index in [9.17, 15) is 4.79 Å². The van der Waals surface area contributed by atoms with Crippen LogP contribution in [0.3, 0.4) is 0 Å². The molecule has 0 aliphatic carbocycles. The van der Waals surface area contributed by atoms with Crippen LogP contribution in [0.15, 0.2) is 48.5 Å². The van der Waals surface area contributed by atoms with Gasteiger partial charge in [-0.25, -0.2) is 4.98 Å². The molecule has 0 saturated carbocycles. The Labute approximate surface area is 181 Å². The average Bonchev–Trinajstić information content (AvgIpc) is 3.23. The van der Waals surface area contributed by atoms with Crippen LogP contribution in [0.4, 0.5) is 5.13 Å². The van der Waals surface area contributed by atoms with Crippen molar-refractivity contribution in [3.63, 3.8) is 0 Å². The van der Waals surface area contributed by atoms with Crippen LogP contribution in [0, 0.1) is 13.8 Å². The van der Waals surface area contributed by atoms with Gasteiger partial charge in [-0.05, 0) is 36.6 Å². The summed E-state index contributed by atoms with van der Waals surface area (Å²) in [5.74, 6) is -0.0403. The second kappa shape index (κ2) is 9.51. The van der Waals surface area contributed by atoms with Gasteiger partial charge < -0.3 is 4.74 Å². The number of amides is 1. The molecule has 30 heavy (non-hydrogen) atoms. The number of anilines is 1. The molecule has 156 valence electrons. The van der Waals surface area contributed by atoms with Gasteiger partial charge in [0.05, 0.1) is 23.4 Å². The topological polar surface area (TPSA) is 45.7 Å². The Morgan fingerprint density at radius 1 is 1.13 bits per heavy atom. The molecule has 2 aromatic carbocycles. The molecule has 5 nitrogen and oxygen atoms in total. The number of aryl methyl sites for hydroxylation is 2. The molecular weight excluding hydrogens is 394 g/mol. The highest BCUT2D eigenvalue weighted by molar-refractivity contribution is 7.22. The van der Waals surface area contributed by atoms with Gasteiger partial charge in [-0.1, -0.05) is 53.8 Å². The number of carbonyl (C=O) groups is 1. The maximum absolute atomic E-state index is 13.2.